The minimum atomic E-state index is -2.54. The predicted octanol–water partition coefficient (Wildman–Crippen LogP) is 12.5. The summed E-state index contributed by atoms with van der Waals surface area (Å²) in [6, 6.07) is 23.8. The van der Waals surface area contributed by atoms with Crippen LogP contribution in [-0.2, 0) is 31.9 Å². The third-order valence-corrected chi connectivity index (χ3v) is 8.11. The molecule has 5 nitrogen and oxygen atoms in total. The van der Waals surface area contributed by atoms with Crippen LogP contribution in [0.15, 0.2) is 65.1 Å². The Kier molecular flexibility index (Phi) is 10.3. The maximum absolute atomic E-state index is 8.54. The van der Waals surface area contributed by atoms with Gasteiger partial charge in [0.15, 0.2) is 0 Å². The summed E-state index contributed by atoms with van der Waals surface area (Å²) in [5.74, 6) is 0.0478. The molecule has 0 amide bonds. The fraction of sp³-hybridized carbons (Fsp3) is 0.442. The van der Waals surface area contributed by atoms with E-state index in [0.717, 1.165) is 32.5 Å². The Balaban J connectivity index is 0.000000433. The molecule has 6 aromatic rings. The average molecular weight is 839 g/mol. The van der Waals surface area contributed by atoms with Gasteiger partial charge in [0.05, 0.1) is 0 Å². The molecule has 2 heterocycles. The first-order valence-electron chi connectivity index (χ1n) is 19.6. The molecule has 49 heavy (non-hydrogen) atoms. The topological polar surface area (TPSA) is 67.1 Å². The van der Waals surface area contributed by atoms with Gasteiger partial charge in [0.25, 0.3) is 0 Å². The van der Waals surface area contributed by atoms with E-state index in [1.807, 2.05) is 62.4 Å². The Morgan fingerprint density at radius 3 is 2.12 bits per heavy atom. The number of aromatic nitrogens is 2. The third kappa shape index (κ3) is 8.96. The van der Waals surface area contributed by atoms with Gasteiger partial charge in [-0.25, -0.2) is 6.17 Å². The Hall–Kier alpha value is -3.15. The van der Waals surface area contributed by atoms with Crippen molar-refractivity contribution in [1.29, 1.82) is 0 Å². The molecule has 2 aromatic heterocycles. The number of aryl methyl sites for hydroxylation is 1. The molecule has 0 spiro atoms. The first kappa shape index (κ1) is 31.8. The summed E-state index contributed by atoms with van der Waals surface area (Å²) in [7, 11) is 0. The fourth-order valence-corrected chi connectivity index (χ4v) is 6.05. The Labute approximate surface area is 314 Å². The molecule has 0 atom stereocenters. The van der Waals surface area contributed by atoms with Crippen molar-refractivity contribution in [2.75, 3.05) is 0 Å². The van der Waals surface area contributed by atoms with Crippen LogP contribution in [-0.4, -0.2) is 28.2 Å². The normalized spacial score (nSPS) is 14.3. The molecule has 0 aliphatic rings. The van der Waals surface area contributed by atoms with Crippen molar-refractivity contribution in [3.05, 3.63) is 94.3 Å². The zero-order valence-electron chi connectivity index (χ0n) is 35.7. The van der Waals surface area contributed by atoms with E-state index in [1.54, 1.807) is 6.07 Å². The maximum Gasteiger partial charge on any atom is 3.00 e. The third-order valence-electron chi connectivity index (χ3n) is 8.11. The van der Waals surface area contributed by atoms with Crippen molar-refractivity contribution >= 4 is 43.6 Å². The van der Waals surface area contributed by atoms with Gasteiger partial charge in [0, 0.05) is 28.7 Å². The molecule has 0 unspecified atom stereocenters. The monoisotopic (exact) mass is 839 g/mol. The van der Waals surface area contributed by atoms with Gasteiger partial charge in [-0.05, 0) is 35.5 Å². The predicted molar refractivity (Wildman–Crippen MR) is 206 cm³/mol. The fourth-order valence-electron chi connectivity index (χ4n) is 6.05. The van der Waals surface area contributed by atoms with Crippen LogP contribution in [0.2, 0.25) is 0 Å². The molecule has 0 saturated carbocycles. The molecule has 260 valence electrons. The van der Waals surface area contributed by atoms with Gasteiger partial charge in [0.1, 0.15) is 11.4 Å². The van der Waals surface area contributed by atoms with Gasteiger partial charge < -0.3 is 15.1 Å². The molecular weight excluding hydrogens is 781 g/mol. The van der Waals surface area contributed by atoms with E-state index < -0.39 is 13.2 Å². The van der Waals surface area contributed by atoms with Gasteiger partial charge in [-0.3, -0.25) is 4.98 Å². The van der Waals surface area contributed by atoms with Crippen LogP contribution in [0, 0.1) is 24.8 Å². The molecular formula is C43H53IrN4O. The number of benzene rings is 4. The number of fused-ring (bicyclic) bond motifs is 6. The van der Waals surface area contributed by atoms with Crippen molar-refractivity contribution in [3.8, 4) is 11.3 Å². The minimum absolute atomic E-state index is 0. The van der Waals surface area contributed by atoms with Gasteiger partial charge in [-0.1, -0.05) is 142 Å². The quantitative estimate of drug-likeness (QED) is 0.143. The van der Waals surface area contributed by atoms with E-state index in [4.69, 9.17) is 11.3 Å². The SMILES string of the molecule is CC(C)[N-]C([N-]C(C)C)C(C)C.[2H]C([2H])([2H])c1nc(-c2[c-]c3ccccc3c(C(C)(C)C)c2)c2c(n1)oc1c3ccc(C([2H])([2H])C(C)C)cc3ccc12.[Ir+3]. The van der Waals surface area contributed by atoms with E-state index >= 15 is 0 Å². The molecule has 0 aliphatic carbocycles. The molecule has 0 N–H and O–H groups in total. The van der Waals surface area contributed by atoms with Crippen molar-refractivity contribution in [2.24, 2.45) is 11.8 Å². The van der Waals surface area contributed by atoms with Crippen molar-refractivity contribution in [2.45, 2.75) is 113 Å². The van der Waals surface area contributed by atoms with E-state index in [0.29, 0.717) is 45.8 Å². The summed E-state index contributed by atoms with van der Waals surface area (Å²) in [6.07, 6.45) is -1.30. The van der Waals surface area contributed by atoms with E-state index in [2.05, 4.69) is 95.0 Å². The Bertz CT molecular complexity index is 2230. The Morgan fingerprint density at radius 1 is 0.837 bits per heavy atom. The first-order valence-corrected chi connectivity index (χ1v) is 17.1. The van der Waals surface area contributed by atoms with Crippen LogP contribution in [0.1, 0.15) is 100.0 Å². The number of furan rings is 1. The second kappa shape index (κ2) is 15.8. The first-order chi connectivity index (χ1) is 24.6. The maximum atomic E-state index is 8.54. The molecule has 0 fully saturated rings. The molecule has 0 bridgehead atoms. The standard InChI is InChI=1S/C33H31N2O.C10H22N2.Ir/c1-19(2)15-21-11-13-26-23(16-21)12-14-27-29-30(34-20(3)35-32(29)36-31(26)27)24-17-22-9-7-8-10-25(22)28(18-24)33(4,5)6;1-7(2)10(11-8(3)4)12-9(5)6;/h7-14,16,18-19H,15H2,1-6H3;7-10H,1-6H3;/q-1;-2;+3/i3D3,15D2;;. The smallest absolute Gasteiger partial charge is 0.675 e. The van der Waals surface area contributed by atoms with Gasteiger partial charge >= 0.3 is 20.1 Å². The summed E-state index contributed by atoms with van der Waals surface area (Å²) in [6.45, 7) is 20.4. The van der Waals surface area contributed by atoms with Crippen molar-refractivity contribution in [1.82, 2.24) is 9.97 Å². The van der Waals surface area contributed by atoms with Crippen LogP contribution in [0.5, 0.6) is 0 Å². The van der Waals surface area contributed by atoms with Gasteiger partial charge in [-0.15, -0.1) is 41.2 Å². The second-order valence-corrected chi connectivity index (χ2v) is 14.9. The zero-order valence-corrected chi connectivity index (χ0v) is 33.1. The molecule has 0 saturated heterocycles. The van der Waals surface area contributed by atoms with Crippen LogP contribution in [0.3, 0.4) is 0 Å². The van der Waals surface area contributed by atoms with Crippen LogP contribution < -0.4 is 0 Å². The molecule has 6 rings (SSSR count). The van der Waals surface area contributed by atoms with Crippen molar-refractivity contribution in [3.63, 3.8) is 0 Å². The second-order valence-electron chi connectivity index (χ2n) is 14.9. The summed E-state index contributed by atoms with van der Waals surface area (Å²) in [5, 5.41) is 14.1. The molecule has 0 radical (unpaired) electrons. The number of hydrogen-bond donors (Lipinski definition) is 0. The number of hydrogen-bond acceptors (Lipinski definition) is 3. The van der Waals surface area contributed by atoms with E-state index in [-0.39, 0.29) is 49.1 Å². The Morgan fingerprint density at radius 2 is 1.51 bits per heavy atom. The van der Waals surface area contributed by atoms with Gasteiger partial charge in [0.2, 0.25) is 5.71 Å². The van der Waals surface area contributed by atoms with Crippen molar-refractivity contribution < 1.29 is 31.4 Å². The number of rotatable bonds is 8. The van der Waals surface area contributed by atoms with E-state index in [9.17, 15) is 0 Å². The zero-order chi connectivity index (χ0) is 39.2. The summed E-state index contributed by atoms with van der Waals surface area (Å²) < 4.78 is 47.6. The summed E-state index contributed by atoms with van der Waals surface area (Å²) >= 11 is 0. The number of nitrogens with zero attached hydrogens (tertiary/aromatic N) is 4. The van der Waals surface area contributed by atoms with Crippen LogP contribution in [0.25, 0.3) is 65.5 Å². The molecule has 6 heteroatoms. The molecule has 0 aliphatic heterocycles. The van der Waals surface area contributed by atoms with Gasteiger partial charge in [-0.2, -0.15) is 4.98 Å². The molecule has 4 aromatic carbocycles. The van der Waals surface area contributed by atoms with E-state index in [1.165, 1.54) is 0 Å². The summed E-state index contributed by atoms with van der Waals surface area (Å²) in [4.78, 5) is 9.00. The largest absolute Gasteiger partial charge is 3.00 e. The van der Waals surface area contributed by atoms with Crippen LogP contribution in [0.4, 0.5) is 0 Å². The van der Waals surface area contributed by atoms with Crippen LogP contribution >= 0.6 is 0 Å². The average Bonchev–Trinajstić information content (AvgIpc) is 3.45. The summed E-state index contributed by atoms with van der Waals surface area (Å²) in [5.41, 5.74) is 3.41. The minimum Gasteiger partial charge on any atom is -0.675 e.